The number of hydrogen-bond donors (Lipinski definition) is 1. The van der Waals surface area contributed by atoms with Gasteiger partial charge in [0.25, 0.3) is 5.56 Å². The molecule has 3 rings (SSSR count). The summed E-state index contributed by atoms with van der Waals surface area (Å²) in [7, 11) is 0. The standard InChI is InChI=1S/C18H21FN4O/c1-3-4-16-13(2)20-18(21-17(16)24)23-11-9-22(10-12-23)15-7-5-14(19)6-8-15/h3,5-8H,1,4,9-12H2,2H3,(H,20,21,24). The van der Waals surface area contributed by atoms with E-state index in [9.17, 15) is 9.18 Å². The van der Waals surface area contributed by atoms with E-state index in [0.717, 1.165) is 37.6 Å². The van der Waals surface area contributed by atoms with Crippen molar-refractivity contribution in [2.24, 2.45) is 0 Å². The largest absolute Gasteiger partial charge is 0.368 e. The summed E-state index contributed by atoms with van der Waals surface area (Å²) in [6.45, 7) is 8.62. The fourth-order valence-electron chi connectivity index (χ4n) is 2.96. The van der Waals surface area contributed by atoms with Crippen LogP contribution in [0.5, 0.6) is 0 Å². The lowest BCUT2D eigenvalue weighted by atomic mass is 10.2. The van der Waals surface area contributed by atoms with E-state index in [1.165, 1.54) is 12.1 Å². The Morgan fingerprint density at radius 2 is 1.83 bits per heavy atom. The molecule has 0 bridgehead atoms. The van der Waals surface area contributed by atoms with Gasteiger partial charge in [0.1, 0.15) is 5.82 Å². The normalized spacial score (nSPS) is 14.8. The van der Waals surface area contributed by atoms with Crippen LogP contribution in [0.2, 0.25) is 0 Å². The molecular formula is C18H21FN4O. The highest BCUT2D eigenvalue weighted by Crippen LogP contribution is 2.18. The monoisotopic (exact) mass is 328 g/mol. The summed E-state index contributed by atoms with van der Waals surface area (Å²) in [4.78, 5) is 23.9. The van der Waals surface area contributed by atoms with Crippen LogP contribution in [0.25, 0.3) is 0 Å². The Morgan fingerprint density at radius 3 is 2.42 bits per heavy atom. The average Bonchev–Trinajstić information content (AvgIpc) is 2.59. The molecule has 0 aliphatic carbocycles. The fourth-order valence-corrected chi connectivity index (χ4v) is 2.96. The molecule has 126 valence electrons. The smallest absolute Gasteiger partial charge is 0.256 e. The van der Waals surface area contributed by atoms with Crippen LogP contribution in [-0.4, -0.2) is 36.1 Å². The van der Waals surface area contributed by atoms with Crippen LogP contribution in [0.15, 0.2) is 41.7 Å². The lowest BCUT2D eigenvalue weighted by molar-refractivity contribution is 0.622. The maximum atomic E-state index is 13.0. The Kier molecular flexibility index (Phi) is 4.64. The third-order valence-corrected chi connectivity index (χ3v) is 4.33. The van der Waals surface area contributed by atoms with E-state index in [2.05, 4.69) is 26.3 Å². The second-order valence-corrected chi connectivity index (χ2v) is 5.90. The quantitative estimate of drug-likeness (QED) is 0.875. The van der Waals surface area contributed by atoms with Crippen molar-refractivity contribution in [1.82, 2.24) is 9.97 Å². The maximum absolute atomic E-state index is 13.0. The molecule has 2 aromatic rings. The zero-order valence-corrected chi connectivity index (χ0v) is 13.8. The van der Waals surface area contributed by atoms with Gasteiger partial charge in [-0.25, -0.2) is 9.37 Å². The molecule has 0 radical (unpaired) electrons. The number of nitrogens with zero attached hydrogens (tertiary/aromatic N) is 3. The van der Waals surface area contributed by atoms with E-state index in [1.807, 2.05) is 6.92 Å². The number of allylic oxidation sites excluding steroid dienone is 1. The van der Waals surface area contributed by atoms with E-state index in [4.69, 9.17) is 0 Å². The molecule has 5 nitrogen and oxygen atoms in total. The molecule has 1 N–H and O–H groups in total. The van der Waals surface area contributed by atoms with Gasteiger partial charge in [-0.1, -0.05) is 6.08 Å². The molecule has 1 aromatic carbocycles. The first-order chi connectivity index (χ1) is 11.6. The minimum Gasteiger partial charge on any atom is -0.368 e. The first-order valence-electron chi connectivity index (χ1n) is 8.04. The number of H-pyrrole nitrogens is 1. The van der Waals surface area contributed by atoms with Gasteiger partial charge >= 0.3 is 0 Å². The zero-order chi connectivity index (χ0) is 17.1. The number of hydrogen-bond acceptors (Lipinski definition) is 4. The summed E-state index contributed by atoms with van der Waals surface area (Å²) in [5.74, 6) is 0.387. The topological polar surface area (TPSA) is 52.2 Å². The van der Waals surface area contributed by atoms with Crippen molar-refractivity contribution < 1.29 is 4.39 Å². The van der Waals surface area contributed by atoms with Crippen LogP contribution in [0, 0.1) is 12.7 Å². The molecular weight excluding hydrogens is 307 g/mol. The van der Waals surface area contributed by atoms with E-state index >= 15 is 0 Å². The SMILES string of the molecule is C=CCc1c(C)nc(N2CCN(c3ccc(F)cc3)CC2)[nH]c1=O. The molecule has 0 atom stereocenters. The Bertz CT molecular complexity index is 777. The van der Waals surface area contributed by atoms with Gasteiger partial charge in [0, 0.05) is 37.4 Å². The van der Waals surface area contributed by atoms with Crippen molar-refractivity contribution in [3.8, 4) is 0 Å². The maximum Gasteiger partial charge on any atom is 0.256 e. The highest BCUT2D eigenvalue weighted by atomic mass is 19.1. The molecule has 1 fully saturated rings. The zero-order valence-electron chi connectivity index (χ0n) is 13.8. The number of aromatic nitrogens is 2. The van der Waals surface area contributed by atoms with Gasteiger partial charge in [-0.2, -0.15) is 0 Å². The van der Waals surface area contributed by atoms with Crippen LogP contribution >= 0.6 is 0 Å². The van der Waals surface area contributed by atoms with Gasteiger partial charge in [0.05, 0.1) is 5.69 Å². The first kappa shape index (κ1) is 16.2. The number of anilines is 2. The Balaban J connectivity index is 1.71. The molecule has 1 saturated heterocycles. The van der Waals surface area contributed by atoms with Crippen molar-refractivity contribution in [2.75, 3.05) is 36.0 Å². The predicted octanol–water partition coefficient (Wildman–Crippen LogP) is 2.27. The highest BCUT2D eigenvalue weighted by molar-refractivity contribution is 5.48. The molecule has 0 saturated carbocycles. The molecule has 24 heavy (non-hydrogen) atoms. The number of nitrogens with one attached hydrogen (secondary N) is 1. The lowest BCUT2D eigenvalue weighted by Gasteiger charge is -2.36. The summed E-state index contributed by atoms with van der Waals surface area (Å²) in [5.41, 5.74) is 2.32. The van der Waals surface area contributed by atoms with Crippen molar-refractivity contribution in [2.45, 2.75) is 13.3 Å². The number of benzene rings is 1. The number of rotatable bonds is 4. The number of aryl methyl sites for hydroxylation is 1. The second-order valence-electron chi connectivity index (χ2n) is 5.90. The van der Waals surface area contributed by atoms with Gasteiger partial charge in [0.15, 0.2) is 0 Å². The van der Waals surface area contributed by atoms with E-state index in [-0.39, 0.29) is 11.4 Å². The van der Waals surface area contributed by atoms with Crippen LogP contribution in [-0.2, 0) is 6.42 Å². The Labute approximate surface area is 140 Å². The van der Waals surface area contributed by atoms with Gasteiger partial charge in [0.2, 0.25) is 5.95 Å². The summed E-state index contributed by atoms with van der Waals surface area (Å²) >= 11 is 0. The predicted molar refractivity (Wildman–Crippen MR) is 94.3 cm³/mol. The molecule has 2 heterocycles. The first-order valence-corrected chi connectivity index (χ1v) is 8.04. The van der Waals surface area contributed by atoms with Crippen molar-refractivity contribution >= 4 is 11.6 Å². The molecule has 1 aromatic heterocycles. The van der Waals surface area contributed by atoms with Crippen molar-refractivity contribution in [1.29, 1.82) is 0 Å². The van der Waals surface area contributed by atoms with Gasteiger partial charge in [-0.15, -0.1) is 6.58 Å². The second kappa shape index (κ2) is 6.86. The minimum atomic E-state index is -0.228. The summed E-state index contributed by atoms with van der Waals surface area (Å²) < 4.78 is 13.0. The minimum absolute atomic E-state index is 0.0987. The molecule has 6 heteroatoms. The van der Waals surface area contributed by atoms with Gasteiger partial charge in [-0.05, 0) is 37.6 Å². The summed E-state index contributed by atoms with van der Waals surface area (Å²) in [6, 6.07) is 6.53. The van der Waals surface area contributed by atoms with Crippen LogP contribution < -0.4 is 15.4 Å². The highest BCUT2D eigenvalue weighted by Gasteiger charge is 2.20. The van der Waals surface area contributed by atoms with Crippen LogP contribution in [0.3, 0.4) is 0 Å². The van der Waals surface area contributed by atoms with Gasteiger partial charge in [-0.3, -0.25) is 9.78 Å². The third-order valence-electron chi connectivity index (χ3n) is 4.33. The van der Waals surface area contributed by atoms with E-state index < -0.39 is 0 Å². The van der Waals surface area contributed by atoms with Gasteiger partial charge < -0.3 is 9.80 Å². The summed E-state index contributed by atoms with van der Waals surface area (Å²) in [5, 5.41) is 0. The molecule has 0 amide bonds. The number of piperazine rings is 1. The molecule has 0 spiro atoms. The number of halogens is 1. The van der Waals surface area contributed by atoms with Crippen LogP contribution in [0.1, 0.15) is 11.3 Å². The lowest BCUT2D eigenvalue weighted by Crippen LogP contribution is -2.47. The fraction of sp³-hybridized carbons (Fsp3) is 0.333. The van der Waals surface area contributed by atoms with Crippen LogP contribution in [0.4, 0.5) is 16.0 Å². The Morgan fingerprint density at radius 1 is 1.21 bits per heavy atom. The van der Waals surface area contributed by atoms with E-state index in [0.29, 0.717) is 17.9 Å². The number of aromatic amines is 1. The average molecular weight is 328 g/mol. The molecule has 0 unspecified atom stereocenters. The molecule has 1 aliphatic heterocycles. The summed E-state index contributed by atoms with van der Waals surface area (Å²) in [6.07, 6.45) is 2.23. The van der Waals surface area contributed by atoms with Crippen molar-refractivity contribution in [3.05, 3.63) is 64.3 Å². The van der Waals surface area contributed by atoms with Crippen molar-refractivity contribution in [3.63, 3.8) is 0 Å². The van der Waals surface area contributed by atoms with E-state index in [1.54, 1.807) is 18.2 Å². The Hall–Kier alpha value is -2.63. The third kappa shape index (κ3) is 3.32. The molecule has 1 aliphatic rings.